The Kier molecular flexibility index (Phi) is 4.22. The van der Waals surface area contributed by atoms with Crippen molar-refractivity contribution in [3.63, 3.8) is 0 Å². The Morgan fingerprint density at radius 3 is 2.38 bits per heavy atom. The average Bonchev–Trinajstić information content (AvgIpc) is 2.40. The van der Waals surface area contributed by atoms with E-state index in [1.165, 1.54) is 12.1 Å². The molecule has 21 heavy (non-hydrogen) atoms. The van der Waals surface area contributed by atoms with E-state index >= 15 is 0 Å². The molecule has 0 spiro atoms. The van der Waals surface area contributed by atoms with Crippen molar-refractivity contribution in [1.29, 1.82) is 0 Å². The molecule has 0 aliphatic carbocycles. The molecule has 0 aromatic heterocycles. The Hall–Kier alpha value is -2.02. The molecular formula is C14H9BrF3NO2. The third-order valence-corrected chi connectivity index (χ3v) is 3.35. The van der Waals surface area contributed by atoms with Crippen LogP contribution in [0, 0.1) is 0 Å². The number of carbonyl (C=O) groups excluding carboxylic acids is 1. The summed E-state index contributed by atoms with van der Waals surface area (Å²) in [7, 11) is 0. The monoisotopic (exact) mass is 359 g/mol. The van der Waals surface area contributed by atoms with E-state index in [-0.39, 0.29) is 21.5 Å². The van der Waals surface area contributed by atoms with E-state index in [1.54, 1.807) is 12.1 Å². The topological polar surface area (TPSA) is 49.3 Å². The molecule has 0 saturated carbocycles. The van der Waals surface area contributed by atoms with Gasteiger partial charge in [-0.3, -0.25) is 4.79 Å². The molecule has 0 aliphatic rings. The Labute approximate surface area is 126 Å². The number of anilines is 1. The van der Waals surface area contributed by atoms with Crippen molar-refractivity contribution < 1.29 is 23.1 Å². The number of nitrogens with one attached hydrogen (secondary N) is 1. The number of rotatable bonds is 2. The van der Waals surface area contributed by atoms with Crippen LogP contribution in [-0.4, -0.2) is 11.0 Å². The maximum atomic E-state index is 12.5. The molecule has 0 bridgehead atoms. The van der Waals surface area contributed by atoms with Gasteiger partial charge < -0.3 is 10.4 Å². The summed E-state index contributed by atoms with van der Waals surface area (Å²) in [5.74, 6) is -0.827. The van der Waals surface area contributed by atoms with Crippen molar-refractivity contribution in [3.8, 4) is 5.75 Å². The number of hydrogen-bond donors (Lipinski definition) is 2. The number of alkyl halides is 3. The zero-order chi connectivity index (χ0) is 15.6. The minimum atomic E-state index is -4.46. The predicted octanol–water partition coefficient (Wildman–Crippen LogP) is 4.43. The van der Waals surface area contributed by atoms with Gasteiger partial charge in [0, 0.05) is 4.47 Å². The van der Waals surface area contributed by atoms with E-state index < -0.39 is 17.6 Å². The predicted molar refractivity (Wildman–Crippen MR) is 75.2 cm³/mol. The molecule has 110 valence electrons. The number of benzene rings is 2. The standard InChI is InChI=1S/C14H9BrF3NO2/c15-10-7-8(14(16,17)18)5-6-11(10)19-13(21)9-3-1-2-4-12(9)20/h1-7,20H,(H,19,21). The summed E-state index contributed by atoms with van der Waals surface area (Å²) in [6.07, 6.45) is -4.46. The quantitative estimate of drug-likeness (QED) is 0.833. The summed E-state index contributed by atoms with van der Waals surface area (Å²) in [5, 5.41) is 12.0. The van der Waals surface area contributed by atoms with Crippen LogP contribution in [0.25, 0.3) is 0 Å². The lowest BCUT2D eigenvalue weighted by atomic mass is 10.1. The van der Waals surface area contributed by atoms with Crippen molar-refractivity contribution in [2.24, 2.45) is 0 Å². The zero-order valence-corrected chi connectivity index (χ0v) is 12.0. The maximum absolute atomic E-state index is 12.5. The van der Waals surface area contributed by atoms with E-state index in [2.05, 4.69) is 21.2 Å². The molecule has 0 unspecified atom stereocenters. The second kappa shape index (κ2) is 5.77. The average molecular weight is 360 g/mol. The SMILES string of the molecule is O=C(Nc1ccc(C(F)(F)F)cc1Br)c1ccccc1O. The van der Waals surface area contributed by atoms with Crippen molar-refractivity contribution in [2.45, 2.75) is 6.18 Å². The van der Waals surface area contributed by atoms with Gasteiger partial charge in [0.2, 0.25) is 0 Å². The minimum Gasteiger partial charge on any atom is -0.507 e. The van der Waals surface area contributed by atoms with Gasteiger partial charge in [-0.15, -0.1) is 0 Å². The molecule has 0 aliphatic heterocycles. The number of phenols is 1. The molecule has 3 nitrogen and oxygen atoms in total. The lowest BCUT2D eigenvalue weighted by Gasteiger charge is -2.11. The second-order valence-corrected chi connectivity index (χ2v) is 5.02. The number of carbonyl (C=O) groups is 1. The van der Waals surface area contributed by atoms with Crippen LogP contribution in [0.15, 0.2) is 46.9 Å². The van der Waals surface area contributed by atoms with Crippen LogP contribution < -0.4 is 5.32 Å². The van der Waals surface area contributed by atoms with Crippen molar-refractivity contribution >= 4 is 27.5 Å². The first-order chi connectivity index (χ1) is 9.79. The number of para-hydroxylation sites is 1. The van der Waals surface area contributed by atoms with Crippen LogP contribution in [0.4, 0.5) is 18.9 Å². The summed E-state index contributed by atoms with van der Waals surface area (Å²) in [6.45, 7) is 0. The molecule has 0 saturated heterocycles. The third-order valence-electron chi connectivity index (χ3n) is 2.69. The van der Waals surface area contributed by atoms with Crippen LogP contribution >= 0.6 is 15.9 Å². The van der Waals surface area contributed by atoms with Gasteiger partial charge in [-0.2, -0.15) is 13.2 Å². The fourth-order valence-electron chi connectivity index (χ4n) is 1.65. The molecule has 0 atom stereocenters. The highest BCUT2D eigenvalue weighted by atomic mass is 79.9. The highest BCUT2D eigenvalue weighted by molar-refractivity contribution is 9.10. The summed E-state index contributed by atoms with van der Waals surface area (Å²) >= 11 is 2.98. The largest absolute Gasteiger partial charge is 0.507 e. The van der Waals surface area contributed by atoms with Gasteiger partial charge in [0.05, 0.1) is 16.8 Å². The summed E-state index contributed by atoms with van der Waals surface area (Å²) in [4.78, 5) is 12.0. The Morgan fingerprint density at radius 1 is 1.14 bits per heavy atom. The molecular weight excluding hydrogens is 351 g/mol. The van der Waals surface area contributed by atoms with Gasteiger partial charge in [-0.05, 0) is 46.3 Å². The van der Waals surface area contributed by atoms with Gasteiger partial charge in [-0.1, -0.05) is 12.1 Å². The lowest BCUT2D eigenvalue weighted by Crippen LogP contribution is -2.13. The first kappa shape index (κ1) is 15.4. The Balaban J connectivity index is 2.25. The summed E-state index contributed by atoms with van der Waals surface area (Å²) in [6, 6.07) is 8.76. The fourth-order valence-corrected chi connectivity index (χ4v) is 2.13. The molecule has 0 radical (unpaired) electrons. The molecule has 7 heteroatoms. The third kappa shape index (κ3) is 3.55. The minimum absolute atomic E-state index is 0.0318. The maximum Gasteiger partial charge on any atom is 0.416 e. The normalized spacial score (nSPS) is 11.2. The van der Waals surface area contributed by atoms with Crippen molar-refractivity contribution in [1.82, 2.24) is 0 Å². The first-order valence-electron chi connectivity index (χ1n) is 5.75. The molecule has 2 rings (SSSR count). The summed E-state index contributed by atoms with van der Waals surface area (Å²) < 4.78 is 37.7. The van der Waals surface area contributed by atoms with Crippen LogP contribution in [0.2, 0.25) is 0 Å². The number of hydrogen-bond acceptors (Lipinski definition) is 2. The van der Waals surface area contributed by atoms with Gasteiger partial charge in [0.25, 0.3) is 5.91 Å². The second-order valence-electron chi connectivity index (χ2n) is 4.16. The molecule has 1 amide bonds. The molecule has 2 aromatic carbocycles. The molecule has 0 fully saturated rings. The number of halogens is 4. The van der Waals surface area contributed by atoms with E-state index in [9.17, 15) is 23.1 Å². The van der Waals surface area contributed by atoms with Crippen LogP contribution in [0.3, 0.4) is 0 Å². The Bertz CT molecular complexity index is 686. The highest BCUT2D eigenvalue weighted by Gasteiger charge is 2.30. The molecule has 2 aromatic rings. The van der Waals surface area contributed by atoms with Crippen LogP contribution in [0.5, 0.6) is 5.75 Å². The van der Waals surface area contributed by atoms with E-state index in [0.29, 0.717) is 0 Å². The van der Waals surface area contributed by atoms with Gasteiger partial charge in [0.15, 0.2) is 0 Å². The number of aromatic hydroxyl groups is 1. The lowest BCUT2D eigenvalue weighted by molar-refractivity contribution is -0.137. The summed E-state index contributed by atoms with van der Waals surface area (Å²) in [5.41, 5.74) is -0.615. The number of phenolic OH excluding ortho intramolecular Hbond substituents is 1. The molecule has 2 N–H and O–H groups in total. The number of amides is 1. The Morgan fingerprint density at radius 2 is 1.81 bits per heavy atom. The first-order valence-corrected chi connectivity index (χ1v) is 6.54. The van der Waals surface area contributed by atoms with Gasteiger partial charge >= 0.3 is 6.18 Å². The van der Waals surface area contributed by atoms with Crippen LogP contribution in [0.1, 0.15) is 15.9 Å². The molecule has 0 heterocycles. The van der Waals surface area contributed by atoms with E-state index in [4.69, 9.17) is 0 Å². The fraction of sp³-hybridized carbons (Fsp3) is 0.0714. The van der Waals surface area contributed by atoms with Crippen molar-refractivity contribution in [3.05, 3.63) is 58.1 Å². The highest BCUT2D eigenvalue weighted by Crippen LogP contribution is 2.34. The van der Waals surface area contributed by atoms with Crippen LogP contribution in [-0.2, 0) is 6.18 Å². The van der Waals surface area contributed by atoms with E-state index in [1.807, 2.05) is 0 Å². The smallest absolute Gasteiger partial charge is 0.416 e. The van der Waals surface area contributed by atoms with Gasteiger partial charge in [0.1, 0.15) is 5.75 Å². The van der Waals surface area contributed by atoms with Crippen molar-refractivity contribution in [2.75, 3.05) is 5.32 Å². The zero-order valence-electron chi connectivity index (χ0n) is 10.4. The van der Waals surface area contributed by atoms with Gasteiger partial charge in [-0.25, -0.2) is 0 Å². The van der Waals surface area contributed by atoms with E-state index in [0.717, 1.165) is 18.2 Å².